The van der Waals surface area contributed by atoms with E-state index in [9.17, 15) is 5.11 Å². The van der Waals surface area contributed by atoms with Crippen LogP contribution in [0.1, 0.15) is 24.2 Å². The minimum atomic E-state index is -0.548. The van der Waals surface area contributed by atoms with Gasteiger partial charge in [0.05, 0.1) is 6.10 Å². The summed E-state index contributed by atoms with van der Waals surface area (Å²) in [5, 5.41) is 9.73. The van der Waals surface area contributed by atoms with Gasteiger partial charge in [-0.15, -0.1) is 0 Å². The number of halogens is 1. The summed E-state index contributed by atoms with van der Waals surface area (Å²) < 4.78 is 6.69. The summed E-state index contributed by atoms with van der Waals surface area (Å²) in [5.74, 6) is 0.719. The molecule has 0 bridgehead atoms. The summed E-state index contributed by atoms with van der Waals surface area (Å²) in [5.41, 5.74) is 1.90. The Balaban J connectivity index is 2.14. The van der Waals surface area contributed by atoms with Crippen molar-refractivity contribution in [1.82, 2.24) is 0 Å². The number of aliphatic hydroxyl groups is 1. The van der Waals surface area contributed by atoms with Gasteiger partial charge in [0.1, 0.15) is 12.4 Å². The summed E-state index contributed by atoms with van der Waals surface area (Å²) in [6, 6.07) is 15.6. The first kappa shape index (κ1) is 13.1. The van der Waals surface area contributed by atoms with Crippen molar-refractivity contribution in [3.63, 3.8) is 0 Å². The first-order valence-corrected chi connectivity index (χ1v) is 6.60. The van der Waals surface area contributed by atoms with Crippen LogP contribution in [0.4, 0.5) is 0 Å². The van der Waals surface area contributed by atoms with Crippen molar-refractivity contribution in [2.75, 3.05) is 0 Å². The number of rotatable bonds is 4. The normalized spacial score (nSPS) is 12.2. The highest BCUT2D eigenvalue weighted by molar-refractivity contribution is 9.10. The van der Waals surface area contributed by atoms with E-state index in [4.69, 9.17) is 4.74 Å². The molecule has 0 unspecified atom stereocenters. The topological polar surface area (TPSA) is 29.5 Å². The first-order valence-electron chi connectivity index (χ1n) is 5.81. The lowest BCUT2D eigenvalue weighted by Crippen LogP contribution is -2.00. The van der Waals surface area contributed by atoms with Crippen LogP contribution in [0.2, 0.25) is 0 Å². The molecule has 0 spiro atoms. The quantitative estimate of drug-likeness (QED) is 0.922. The third-order valence-corrected chi connectivity index (χ3v) is 3.15. The van der Waals surface area contributed by atoms with E-state index in [0.29, 0.717) is 6.61 Å². The fourth-order valence-corrected chi connectivity index (χ4v) is 2.09. The lowest BCUT2D eigenvalue weighted by Gasteiger charge is -2.14. The molecule has 0 aliphatic rings. The molecule has 0 aliphatic heterocycles. The second kappa shape index (κ2) is 6.03. The second-order valence-corrected chi connectivity index (χ2v) is 5.05. The molecule has 0 heterocycles. The van der Waals surface area contributed by atoms with E-state index < -0.39 is 6.10 Å². The number of hydrogen-bond acceptors (Lipinski definition) is 2. The third-order valence-electron chi connectivity index (χ3n) is 2.66. The lowest BCUT2D eigenvalue weighted by atomic mass is 10.1. The molecule has 0 saturated heterocycles. The van der Waals surface area contributed by atoms with Crippen LogP contribution in [-0.2, 0) is 6.61 Å². The van der Waals surface area contributed by atoms with E-state index >= 15 is 0 Å². The van der Waals surface area contributed by atoms with Gasteiger partial charge in [-0.25, -0.2) is 0 Å². The summed E-state index contributed by atoms with van der Waals surface area (Å²) >= 11 is 3.39. The zero-order valence-electron chi connectivity index (χ0n) is 10.1. The van der Waals surface area contributed by atoms with Crippen molar-refractivity contribution in [2.45, 2.75) is 19.6 Å². The van der Waals surface area contributed by atoms with Crippen molar-refractivity contribution in [3.8, 4) is 5.75 Å². The molecule has 2 aromatic rings. The molecule has 18 heavy (non-hydrogen) atoms. The monoisotopic (exact) mass is 306 g/mol. The Bertz CT molecular complexity index is 509. The third kappa shape index (κ3) is 3.34. The van der Waals surface area contributed by atoms with Gasteiger partial charge >= 0.3 is 0 Å². The Morgan fingerprint density at radius 2 is 1.89 bits per heavy atom. The summed E-state index contributed by atoms with van der Waals surface area (Å²) in [6.45, 7) is 2.24. The molecule has 2 rings (SSSR count). The molecule has 0 saturated carbocycles. The molecule has 0 radical (unpaired) electrons. The van der Waals surface area contributed by atoms with Crippen molar-refractivity contribution in [1.29, 1.82) is 0 Å². The van der Waals surface area contributed by atoms with Crippen LogP contribution in [0, 0.1) is 0 Å². The van der Waals surface area contributed by atoms with Crippen molar-refractivity contribution in [3.05, 3.63) is 64.1 Å². The SMILES string of the molecule is C[C@H](O)c1cc(Br)ccc1OCc1ccccc1. The van der Waals surface area contributed by atoms with Crippen LogP contribution in [0.15, 0.2) is 53.0 Å². The second-order valence-electron chi connectivity index (χ2n) is 4.13. The minimum absolute atomic E-state index is 0.502. The first-order chi connectivity index (χ1) is 8.66. The predicted octanol–water partition coefficient (Wildman–Crippen LogP) is 4.08. The highest BCUT2D eigenvalue weighted by atomic mass is 79.9. The van der Waals surface area contributed by atoms with Gasteiger partial charge in [-0.2, -0.15) is 0 Å². The van der Waals surface area contributed by atoms with Crippen LogP contribution in [-0.4, -0.2) is 5.11 Å². The van der Waals surface area contributed by atoms with Gasteiger partial charge in [0, 0.05) is 10.0 Å². The standard InChI is InChI=1S/C15H15BrO2/c1-11(17)14-9-13(16)7-8-15(14)18-10-12-5-3-2-4-6-12/h2-9,11,17H,10H2,1H3/t11-/m0/s1. The van der Waals surface area contributed by atoms with E-state index in [1.54, 1.807) is 6.92 Å². The number of benzene rings is 2. The molecule has 0 aliphatic carbocycles. The maximum absolute atomic E-state index is 9.73. The zero-order valence-corrected chi connectivity index (χ0v) is 11.7. The molecular formula is C15H15BrO2. The Hall–Kier alpha value is -1.32. The smallest absolute Gasteiger partial charge is 0.125 e. The lowest BCUT2D eigenvalue weighted by molar-refractivity contribution is 0.190. The van der Waals surface area contributed by atoms with E-state index in [1.807, 2.05) is 48.5 Å². The number of aliphatic hydroxyl groups excluding tert-OH is 1. The fraction of sp³-hybridized carbons (Fsp3) is 0.200. The predicted molar refractivity (Wildman–Crippen MR) is 75.5 cm³/mol. The van der Waals surface area contributed by atoms with E-state index in [2.05, 4.69) is 15.9 Å². The molecular weight excluding hydrogens is 292 g/mol. The van der Waals surface area contributed by atoms with Crippen LogP contribution < -0.4 is 4.74 Å². The molecule has 94 valence electrons. The van der Waals surface area contributed by atoms with Gasteiger partial charge in [-0.1, -0.05) is 46.3 Å². The van der Waals surface area contributed by atoms with Crippen LogP contribution in [0.5, 0.6) is 5.75 Å². The number of hydrogen-bond donors (Lipinski definition) is 1. The molecule has 3 heteroatoms. The Morgan fingerprint density at radius 3 is 2.56 bits per heavy atom. The van der Waals surface area contributed by atoms with E-state index in [-0.39, 0.29) is 0 Å². The molecule has 2 aromatic carbocycles. The summed E-state index contributed by atoms with van der Waals surface area (Å²) in [4.78, 5) is 0. The van der Waals surface area contributed by atoms with Gasteiger partial charge < -0.3 is 9.84 Å². The van der Waals surface area contributed by atoms with Crippen molar-refractivity contribution >= 4 is 15.9 Å². The molecule has 2 nitrogen and oxygen atoms in total. The van der Waals surface area contributed by atoms with Gasteiger partial charge in [0.2, 0.25) is 0 Å². The van der Waals surface area contributed by atoms with Crippen molar-refractivity contribution < 1.29 is 9.84 Å². The van der Waals surface area contributed by atoms with Crippen LogP contribution in [0.3, 0.4) is 0 Å². The van der Waals surface area contributed by atoms with Gasteiger partial charge in [-0.05, 0) is 30.7 Å². The molecule has 1 atom stereocenters. The average molecular weight is 307 g/mol. The van der Waals surface area contributed by atoms with Gasteiger partial charge in [0.25, 0.3) is 0 Å². The Kier molecular flexibility index (Phi) is 4.39. The minimum Gasteiger partial charge on any atom is -0.489 e. The maximum Gasteiger partial charge on any atom is 0.125 e. The maximum atomic E-state index is 9.73. The van der Waals surface area contributed by atoms with Crippen LogP contribution in [0.25, 0.3) is 0 Å². The van der Waals surface area contributed by atoms with E-state index in [0.717, 1.165) is 21.3 Å². The Labute approximate surface area is 115 Å². The average Bonchev–Trinajstić information content (AvgIpc) is 2.38. The zero-order chi connectivity index (χ0) is 13.0. The molecule has 0 fully saturated rings. The highest BCUT2D eigenvalue weighted by Gasteiger charge is 2.09. The highest BCUT2D eigenvalue weighted by Crippen LogP contribution is 2.29. The van der Waals surface area contributed by atoms with Gasteiger partial charge in [-0.3, -0.25) is 0 Å². The number of ether oxygens (including phenoxy) is 1. The van der Waals surface area contributed by atoms with E-state index in [1.165, 1.54) is 0 Å². The van der Waals surface area contributed by atoms with Gasteiger partial charge in [0.15, 0.2) is 0 Å². The molecule has 0 aromatic heterocycles. The summed E-state index contributed by atoms with van der Waals surface area (Å²) in [6.07, 6.45) is -0.548. The summed E-state index contributed by atoms with van der Waals surface area (Å²) in [7, 11) is 0. The molecule has 0 amide bonds. The fourth-order valence-electron chi connectivity index (χ4n) is 1.71. The Morgan fingerprint density at radius 1 is 1.17 bits per heavy atom. The largest absolute Gasteiger partial charge is 0.489 e. The van der Waals surface area contributed by atoms with Crippen molar-refractivity contribution in [2.24, 2.45) is 0 Å². The van der Waals surface area contributed by atoms with Crippen LogP contribution >= 0.6 is 15.9 Å². The molecule has 1 N–H and O–H groups in total.